The maximum Gasteiger partial charge on any atom is 0.262 e. The van der Waals surface area contributed by atoms with Crippen LogP contribution in [0.5, 0.6) is 5.75 Å². The Morgan fingerprint density at radius 3 is 2.86 bits per heavy atom. The highest BCUT2D eigenvalue weighted by Crippen LogP contribution is 2.21. The number of nitrogens with one attached hydrogen (secondary N) is 1. The molecule has 0 bridgehead atoms. The number of aromatic nitrogens is 1. The van der Waals surface area contributed by atoms with Crippen LogP contribution in [0.2, 0.25) is 5.02 Å². The molecule has 1 heterocycles. The second-order valence-electron chi connectivity index (χ2n) is 4.67. The summed E-state index contributed by atoms with van der Waals surface area (Å²) < 4.78 is 5.42. The predicted molar refractivity (Wildman–Crippen MR) is 87.3 cm³/mol. The summed E-state index contributed by atoms with van der Waals surface area (Å²) in [4.78, 5) is 16.3. The third kappa shape index (κ3) is 3.35. The lowest BCUT2D eigenvalue weighted by Crippen LogP contribution is -2.20. The smallest absolute Gasteiger partial charge is 0.262 e. The lowest BCUT2D eigenvalue weighted by molar-refractivity contribution is -0.118. The molecule has 1 amide bonds. The molecular formula is C17H13ClN2O2. The second-order valence-corrected chi connectivity index (χ2v) is 5.11. The van der Waals surface area contributed by atoms with Crippen molar-refractivity contribution in [2.45, 2.75) is 0 Å². The van der Waals surface area contributed by atoms with E-state index >= 15 is 0 Å². The van der Waals surface area contributed by atoms with Gasteiger partial charge in [-0.15, -0.1) is 0 Å². The number of carbonyl (C=O) groups excluding carboxylic acids is 1. The Balaban J connectivity index is 1.68. The molecule has 0 aliphatic rings. The minimum Gasteiger partial charge on any atom is -0.484 e. The van der Waals surface area contributed by atoms with Crippen LogP contribution in [-0.4, -0.2) is 17.5 Å². The molecule has 2 aromatic carbocycles. The first-order chi connectivity index (χ1) is 10.7. The standard InChI is InChI=1S/C17H13ClN2O2/c18-12-4-1-5-13(10-12)22-11-17(21)20-16-8-2-7-15-14(16)6-3-9-19-15/h1-10H,11H2,(H,20,21). The number of anilines is 1. The molecule has 1 aromatic heterocycles. The van der Waals surface area contributed by atoms with Crippen molar-refractivity contribution in [2.24, 2.45) is 0 Å². The molecule has 0 aliphatic carbocycles. The summed E-state index contributed by atoms with van der Waals surface area (Å²) in [5, 5.41) is 4.29. The van der Waals surface area contributed by atoms with Crippen molar-refractivity contribution in [3.8, 4) is 5.75 Å². The van der Waals surface area contributed by atoms with Crippen LogP contribution in [0.25, 0.3) is 10.9 Å². The van der Waals surface area contributed by atoms with Gasteiger partial charge in [-0.3, -0.25) is 9.78 Å². The Morgan fingerprint density at radius 2 is 2.00 bits per heavy atom. The van der Waals surface area contributed by atoms with E-state index in [2.05, 4.69) is 10.3 Å². The van der Waals surface area contributed by atoms with Crippen LogP contribution in [0.3, 0.4) is 0 Å². The summed E-state index contributed by atoms with van der Waals surface area (Å²) in [5.74, 6) is 0.318. The summed E-state index contributed by atoms with van der Waals surface area (Å²) in [6, 6.07) is 16.3. The number of pyridine rings is 1. The van der Waals surface area contributed by atoms with Crippen molar-refractivity contribution in [3.05, 3.63) is 65.8 Å². The van der Waals surface area contributed by atoms with Crippen LogP contribution >= 0.6 is 11.6 Å². The van der Waals surface area contributed by atoms with Crippen LogP contribution < -0.4 is 10.1 Å². The monoisotopic (exact) mass is 312 g/mol. The maximum absolute atomic E-state index is 12.0. The van der Waals surface area contributed by atoms with E-state index in [9.17, 15) is 4.79 Å². The van der Waals surface area contributed by atoms with Gasteiger partial charge in [-0.2, -0.15) is 0 Å². The summed E-state index contributed by atoms with van der Waals surface area (Å²) in [6.07, 6.45) is 1.72. The third-order valence-corrected chi connectivity index (χ3v) is 3.32. The zero-order valence-electron chi connectivity index (χ0n) is 11.6. The fraction of sp³-hybridized carbons (Fsp3) is 0.0588. The van der Waals surface area contributed by atoms with Gasteiger partial charge in [0, 0.05) is 16.6 Å². The Morgan fingerprint density at radius 1 is 1.14 bits per heavy atom. The zero-order valence-corrected chi connectivity index (χ0v) is 12.4. The molecule has 4 nitrogen and oxygen atoms in total. The second kappa shape index (κ2) is 6.45. The van der Waals surface area contributed by atoms with E-state index in [1.54, 1.807) is 30.5 Å². The minimum absolute atomic E-state index is 0.0863. The van der Waals surface area contributed by atoms with Crippen LogP contribution in [0.4, 0.5) is 5.69 Å². The van der Waals surface area contributed by atoms with E-state index in [4.69, 9.17) is 16.3 Å². The molecule has 0 saturated heterocycles. The lowest BCUT2D eigenvalue weighted by Gasteiger charge is -2.09. The molecule has 3 rings (SSSR count). The number of amides is 1. The van der Waals surface area contributed by atoms with E-state index in [0.29, 0.717) is 16.5 Å². The molecule has 0 atom stereocenters. The van der Waals surface area contributed by atoms with Gasteiger partial charge in [-0.05, 0) is 42.5 Å². The van der Waals surface area contributed by atoms with Crippen molar-refractivity contribution < 1.29 is 9.53 Å². The Labute approximate surface area is 132 Å². The van der Waals surface area contributed by atoms with Gasteiger partial charge in [0.25, 0.3) is 5.91 Å². The average molecular weight is 313 g/mol. The topological polar surface area (TPSA) is 51.2 Å². The molecular weight excluding hydrogens is 300 g/mol. The molecule has 0 saturated carbocycles. The van der Waals surface area contributed by atoms with Crippen molar-refractivity contribution in [2.75, 3.05) is 11.9 Å². The molecule has 0 fully saturated rings. The number of fused-ring (bicyclic) bond motifs is 1. The summed E-state index contributed by atoms with van der Waals surface area (Å²) in [5.41, 5.74) is 1.54. The summed E-state index contributed by atoms with van der Waals surface area (Å²) in [7, 11) is 0. The van der Waals surface area contributed by atoms with E-state index in [1.807, 2.05) is 30.3 Å². The van der Waals surface area contributed by atoms with Crippen LogP contribution in [0.15, 0.2) is 60.8 Å². The van der Waals surface area contributed by atoms with Gasteiger partial charge in [0.05, 0.1) is 11.2 Å². The quantitative estimate of drug-likeness (QED) is 0.794. The minimum atomic E-state index is -0.240. The zero-order chi connectivity index (χ0) is 15.4. The molecule has 1 N–H and O–H groups in total. The SMILES string of the molecule is O=C(COc1cccc(Cl)c1)Nc1cccc2ncccc12. The molecule has 0 radical (unpaired) electrons. The highest BCUT2D eigenvalue weighted by Gasteiger charge is 2.07. The van der Waals surface area contributed by atoms with Crippen LogP contribution in [0, 0.1) is 0 Å². The molecule has 3 aromatic rings. The van der Waals surface area contributed by atoms with Crippen molar-refractivity contribution in [1.29, 1.82) is 0 Å². The van der Waals surface area contributed by atoms with E-state index in [0.717, 1.165) is 10.9 Å². The average Bonchev–Trinajstić information content (AvgIpc) is 2.53. The van der Waals surface area contributed by atoms with Gasteiger partial charge >= 0.3 is 0 Å². The van der Waals surface area contributed by atoms with Crippen molar-refractivity contribution in [3.63, 3.8) is 0 Å². The van der Waals surface area contributed by atoms with Crippen LogP contribution in [0.1, 0.15) is 0 Å². The predicted octanol–water partition coefficient (Wildman–Crippen LogP) is 3.91. The first-order valence-electron chi connectivity index (χ1n) is 6.74. The Bertz CT molecular complexity index is 815. The van der Waals surface area contributed by atoms with Crippen molar-refractivity contribution in [1.82, 2.24) is 4.98 Å². The largest absolute Gasteiger partial charge is 0.484 e. The molecule has 5 heteroatoms. The number of nitrogens with zero attached hydrogens (tertiary/aromatic N) is 1. The third-order valence-electron chi connectivity index (χ3n) is 3.09. The van der Waals surface area contributed by atoms with E-state index in [1.165, 1.54) is 0 Å². The van der Waals surface area contributed by atoms with Gasteiger partial charge in [-0.1, -0.05) is 23.7 Å². The fourth-order valence-electron chi connectivity index (χ4n) is 2.10. The van der Waals surface area contributed by atoms with Gasteiger partial charge in [-0.25, -0.2) is 0 Å². The first-order valence-corrected chi connectivity index (χ1v) is 7.12. The van der Waals surface area contributed by atoms with E-state index < -0.39 is 0 Å². The number of hydrogen-bond donors (Lipinski definition) is 1. The number of ether oxygens (including phenoxy) is 1. The van der Waals surface area contributed by atoms with E-state index in [-0.39, 0.29) is 12.5 Å². The first kappa shape index (κ1) is 14.4. The maximum atomic E-state index is 12.0. The number of rotatable bonds is 4. The van der Waals surface area contributed by atoms with Gasteiger partial charge in [0.2, 0.25) is 0 Å². The van der Waals surface area contributed by atoms with Gasteiger partial charge in [0.15, 0.2) is 6.61 Å². The molecule has 0 spiro atoms. The summed E-state index contributed by atoms with van der Waals surface area (Å²) in [6.45, 7) is -0.0863. The van der Waals surface area contributed by atoms with Crippen molar-refractivity contribution >= 4 is 34.1 Å². The number of benzene rings is 2. The highest BCUT2D eigenvalue weighted by atomic mass is 35.5. The molecule has 0 aliphatic heterocycles. The normalized spacial score (nSPS) is 10.4. The van der Waals surface area contributed by atoms with Crippen LogP contribution in [-0.2, 0) is 4.79 Å². The molecule has 110 valence electrons. The summed E-state index contributed by atoms with van der Waals surface area (Å²) >= 11 is 5.87. The number of carbonyl (C=O) groups is 1. The Kier molecular flexibility index (Phi) is 4.21. The molecule has 22 heavy (non-hydrogen) atoms. The van der Waals surface area contributed by atoms with Gasteiger partial charge in [0.1, 0.15) is 5.75 Å². The Hall–Kier alpha value is -2.59. The number of hydrogen-bond acceptors (Lipinski definition) is 3. The van der Waals surface area contributed by atoms with Gasteiger partial charge < -0.3 is 10.1 Å². The lowest BCUT2D eigenvalue weighted by atomic mass is 10.2. The highest BCUT2D eigenvalue weighted by molar-refractivity contribution is 6.30. The number of halogens is 1. The fourth-order valence-corrected chi connectivity index (χ4v) is 2.28. The molecule has 0 unspecified atom stereocenters.